The Bertz CT molecular complexity index is 373. The van der Waals surface area contributed by atoms with Crippen LogP contribution in [0, 0.1) is 0 Å². The molecule has 0 spiro atoms. The smallest absolute Gasteiger partial charge is 0.287 e. The van der Waals surface area contributed by atoms with Gasteiger partial charge in [-0.15, -0.1) is 6.58 Å². The third-order valence-electron chi connectivity index (χ3n) is 1.84. The Morgan fingerprint density at radius 1 is 1.75 bits per heavy atom. The van der Waals surface area contributed by atoms with Crippen LogP contribution in [0.1, 0.15) is 29.6 Å². The molecule has 6 heteroatoms. The Balaban J connectivity index is 2.35. The number of carbonyl (C=O) groups excluding carboxylic acids is 1. The highest BCUT2D eigenvalue weighted by Crippen LogP contribution is 2.06. The highest BCUT2D eigenvalue weighted by Gasteiger charge is 2.10. The van der Waals surface area contributed by atoms with Crippen LogP contribution in [0.25, 0.3) is 0 Å². The van der Waals surface area contributed by atoms with Gasteiger partial charge in [-0.3, -0.25) is 10.2 Å². The summed E-state index contributed by atoms with van der Waals surface area (Å²) in [5, 5.41) is 3.54. The minimum Gasteiger partial charge on any atom is -0.373 e. The minimum absolute atomic E-state index is 0.140. The van der Waals surface area contributed by atoms with Crippen molar-refractivity contribution in [2.24, 2.45) is 5.84 Å². The summed E-state index contributed by atoms with van der Waals surface area (Å²) in [6.07, 6.45) is 0.796. The van der Waals surface area contributed by atoms with Crippen LogP contribution in [0.3, 0.4) is 0 Å². The second kappa shape index (κ2) is 6.04. The lowest BCUT2D eigenvalue weighted by Crippen LogP contribution is -2.30. The van der Waals surface area contributed by atoms with Crippen molar-refractivity contribution in [3.05, 3.63) is 29.7 Å². The van der Waals surface area contributed by atoms with Crippen molar-refractivity contribution in [1.82, 2.24) is 10.6 Å². The minimum atomic E-state index is -0.489. The second-order valence-corrected chi connectivity index (χ2v) is 3.41. The molecule has 0 aromatic carbocycles. The molecule has 1 rings (SSSR count). The number of carbonyl (C=O) groups is 1. The first-order chi connectivity index (χ1) is 7.63. The summed E-state index contributed by atoms with van der Waals surface area (Å²) >= 11 is 0. The molecule has 0 radical (unpaired) electrons. The van der Waals surface area contributed by atoms with Gasteiger partial charge in [0.2, 0.25) is 0 Å². The molecule has 1 aromatic heterocycles. The van der Waals surface area contributed by atoms with E-state index in [2.05, 4.69) is 11.7 Å². The number of rotatable bonds is 6. The fourth-order valence-electron chi connectivity index (χ4n) is 0.981. The molecular formula is C10H15N3O3. The highest BCUT2D eigenvalue weighted by molar-refractivity contribution is 5.91. The molecular weight excluding hydrogens is 210 g/mol. The lowest BCUT2D eigenvalue weighted by Gasteiger charge is -2.00. The van der Waals surface area contributed by atoms with E-state index >= 15 is 0 Å². The molecule has 0 bridgehead atoms. The van der Waals surface area contributed by atoms with Gasteiger partial charge in [-0.2, -0.15) is 0 Å². The number of amides is 1. The van der Waals surface area contributed by atoms with Crippen LogP contribution in [-0.4, -0.2) is 17.7 Å². The van der Waals surface area contributed by atoms with Crippen LogP contribution in [0.15, 0.2) is 22.7 Å². The molecule has 0 fully saturated rings. The molecule has 0 aliphatic heterocycles. The maximum absolute atomic E-state index is 11.0. The van der Waals surface area contributed by atoms with Gasteiger partial charge < -0.3 is 9.26 Å². The first-order valence-electron chi connectivity index (χ1n) is 4.82. The van der Waals surface area contributed by atoms with Gasteiger partial charge in [0.1, 0.15) is 6.61 Å². The maximum Gasteiger partial charge on any atom is 0.287 e. The van der Waals surface area contributed by atoms with Crippen molar-refractivity contribution in [3.63, 3.8) is 0 Å². The van der Waals surface area contributed by atoms with Gasteiger partial charge in [0.15, 0.2) is 11.5 Å². The quantitative estimate of drug-likeness (QED) is 0.245. The topological polar surface area (TPSA) is 90.4 Å². The van der Waals surface area contributed by atoms with E-state index in [9.17, 15) is 4.79 Å². The van der Waals surface area contributed by atoms with E-state index in [0.29, 0.717) is 12.4 Å². The van der Waals surface area contributed by atoms with Crippen molar-refractivity contribution < 1.29 is 14.1 Å². The summed E-state index contributed by atoms with van der Waals surface area (Å²) in [5.41, 5.74) is 3.16. The number of hydrogen-bond donors (Lipinski definition) is 2. The molecule has 0 atom stereocenters. The molecule has 1 amide bonds. The second-order valence-electron chi connectivity index (χ2n) is 3.41. The van der Waals surface area contributed by atoms with Crippen LogP contribution < -0.4 is 11.3 Å². The zero-order valence-electron chi connectivity index (χ0n) is 9.16. The number of nitrogens with zero attached hydrogens (tertiary/aromatic N) is 1. The van der Waals surface area contributed by atoms with Gasteiger partial charge in [0.05, 0.1) is 6.61 Å². The molecule has 0 aliphatic carbocycles. The van der Waals surface area contributed by atoms with Crippen LogP contribution in [-0.2, 0) is 11.3 Å². The standard InChI is InChI=1S/C10H15N3O3/c1-7(2)3-4-15-6-8-5-9(13-16-8)10(14)12-11/h5H,1,3-4,6,11H2,2H3,(H,12,14). The number of hydrazine groups is 1. The van der Waals surface area contributed by atoms with Gasteiger partial charge >= 0.3 is 0 Å². The zero-order chi connectivity index (χ0) is 12.0. The van der Waals surface area contributed by atoms with E-state index in [1.54, 1.807) is 0 Å². The molecule has 1 heterocycles. The lowest BCUT2D eigenvalue weighted by atomic mass is 10.3. The Kier molecular flexibility index (Phi) is 4.68. The van der Waals surface area contributed by atoms with Gasteiger partial charge in [0.25, 0.3) is 5.91 Å². The number of nitrogen functional groups attached to an aromatic ring is 1. The summed E-state index contributed by atoms with van der Waals surface area (Å²) in [5.74, 6) is 4.94. The molecule has 6 nitrogen and oxygen atoms in total. The van der Waals surface area contributed by atoms with Gasteiger partial charge in [0, 0.05) is 6.07 Å². The average Bonchev–Trinajstić information content (AvgIpc) is 2.71. The van der Waals surface area contributed by atoms with E-state index in [1.807, 2.05) is 12.3 Å². The maximum atomic E-state index is 11.0. The van der Waals surface area contributed by atoms with Crippen molar-refractivity contribution in [1.29, 1.82) is 0 Å². The summed E-state index contributed by atoms with van der Waals surface area (Å²) in [6.45, 7) is 6.53. The number of hydrogen-bond acceptors (Lipinski definition) is 5. The summed E-state index contributed by atoms with van der Waals surface area (Å²) in [6, 6.07) is 1.49. The lowest BCUT2D eigenvalue weighted by molar-refractivity contribution is 0.0939. The third kappa shape index (κ3) is 3.84. The SMILES string of the molecule is C=C(C)CCOCc1cc(C(=O)NN)no1. The van der Waals surface area contributed by atoms with Crippen molar-refractivity contribution in [2.75, 3.05) is 6.61 Å². The molecule has 0 aliphatic rings. The molecule has 0 saturated heterocycles. The number of nitrogens with one attached hydrogen (secondary N) is 1. The molecule has 88 valence electrons. The van der Waals surface area contributed by atoms with E-state index < -0.39 is 5.91 Å². The van der Waals surface area contributed by atoms with E-state index in [4.69, 9.17) is 15.1 Å². The first kappa shape index (κ1) is 12.4. The van der Waals surface area contributed by atoms with Crippen LogP contribution in [0.5, 0.6) is 0 Å². The number of ether oxygens (including phenoxy) is 1. The van der Waals surface area contributed by atoms with Gasteiger partial charge in [-0.05, 0) is 13.3 Å². The third-order valence-corrected chi connectivity index (χ3v) is 1.84. The summed E-state index contributed by atoms with van der Waals surface area (Å²) < 4.78 is 10.2. The first-order valence-corrected chi connectivity index (χ1v) is 4.82. The van der Waals surface area contributed by atoms with E-state index in [0.717, 1.165) is 12.0 Å². The molecule has 0 unspecified atom stereocenters. The monoisotopic (exact) mass is 225 g/mol. The summed E-state index contributed by atoms with van der Waals surface area (Å²) in [4.78, 5) is 11.0. The van der Waals surface area contributed by atoms with Crippen LogP contribution in [0.4, 0.5) is 0 Å². The molecule has 16 heavy (non-hydrogen) atoms. The van der Waals surface area contributed by atoms with Crippen LogP contribution in [0.2, 0.25) is 0 Å². The van der Waals surface area contributed by atoms with Crippen molar-refractivity contribution >= 4 is 5.91 Å². The largest absolute Gasteiger partial charge is 0.373 e. The van der Waals surface area contributed by atoms with Crippen LogP contribution >= 0.6 is 0 Å². The van der Waals surface area contributed by atoms with E-state index in [1.165, 1.54) is 6.07 Å². The van der Waals surface area contributed by atoms with Gasteiger partial charge in [-0.25, -0.2) is 5.84 Å². The highest BCUT2D eigenvalue weighted by atomic mass is 16.5. The van der Waals surface area contributed by atoms with Crippen molar-refractivity contribution in [2.45, 2.75) is 20.0 Å². The Morgan fingerprint density at radius 3 is 3.12 bits per heavy atom. The average molecular weight is 225 g/mol. The zero-order valence-corrected chi connectivity index (χ0v) is 9.16. The molecule has 0 saturated carbocycles. The summed E-state index contributed by atoms with van der Waals surface area (Å²) in [7, 11) is 0. The predicted molar refractivity (Wildman–Crippen MR) is 57.2 cm³/mol. The fraction of sp³-hybridized carbons (Fsp3) is 0.400. The normalized spacial score (nSPS) is 10.1. The number of aromatic nitrogens is 1. The Hall–Kier alpha value is -1.66. The number of nitrogens with two attached hydrogens (primary N) is 1. The fourth-order valence-corrected chi connectivity index (χ4v) is 0.981. The Labute approximate surface area is 93.4 Å². The van der Waals surface area contributed by atoms with E-state index in [-0.39, 0.29) is 12.3 Å². The Morgan fingerprint density at radius 2 is 2.50 bits per heavy atom. The predicted octanol–water partition coefficient (Wildman–Crippen LogP) is 0.761. The van der Waals surface area contributed by atoms with Gasteiger partial charge in [-0.1, -0.05) is 10.7 Å². The molecule has 3 N–H and O–H groups in total. The molecule has 1 aromatic rings. The van der Waals surface area contributed by atoms with Crippen molar-refractivity contribution in [3.8, 4) is 0 Å².